The molecular formula is C20H23N5O. The number of amides is 1. The topological polar surface area (TPSA) is 72.7 Å². The Morgan fingerprint density at radius 2 is 2.04 bits per heavy atom. The van der Waals surface area contributed by atoms with Crippen LogP contribution < -0.4 is 5.32 Å². The molecule has 0 atom stereocenters. The van der Waals surface area contributed by atoms with Crippen molar-refractivity contribution >= 4 is 5.91 Å². The zero-order valence-electron chi connectivity index (χ0n) is 15.1. The number of pyridine rings is 2. The lowest BCUT2D eigenvalue weighted by Gasteiger charge is -2.10. The molecule has 0 fully saturated rings. The van der Waals surface area contributed by atoms with Gasteiger partial charge in [0.1, 0.15) is 5.82 Å². The maximum atomic E-state index is 12.2. The van der Waals surface area contributed by atoms with Crippen molar-refractivity contribution in [1.29, 1.82) is 0 Å². The number of hydrogen-bond donors (Lipinski definition) is 1. The second kappa shape index (κ2) is 8.38. The SMILES string of the molecule is CC(C)c1nccn1CCCNC(=O)c1ccc(-c2cccnc2)nc1. The van der Waals surface area contributed by atoms with Gasteiger partial charge in [-0.2, -0.15) is 0 Å². The van der Waals surface area contributed by atoms with E-state index in [2.05, 4.69) is 38.7 Å². The summed E-state index contributed by atoms with van der Waals surface area (Å²) in [7, 11) is 0. The minimum Gasteiger partial charge on any atom is -0.352 e. The average molecular weight is 349 g/mol. The van der Waals surface area contributed by atoms with Crippen LogP contribution >= 0.6 is 0 Å². The van der Waals surface area contributed by atoms with Gasteiger partial charge < -0.3 is 9.88 Å². The van der Waals surface area contributed by atoms with E-state index in [9.17, 15) is 4.79 Å². The molecule has 0 spiro atoms. The van der Waals surface area contributed by atoms with E-state index in [-0.39, 0.29) is 5.91 Å². The Morgan fingerprint density at radius 1 is 1.15 bits per heavy atom. The van der Waals surface area contributed by atoms with E-state index in [1.807, 2.05) is 30.6 Å². The van der Waals surface area contributed by atoms with Crippen molar-refractivity contribution in [2.45, 2.75) is 32.7 Å². The summed E-state index contributed by atoms with van der Waals surface area (Å²) in [5.41, 5.74) is 2.29. The van der Waals surface area contributed by atoms with Crippen LogP contribution in [0.15, 0.2) is 55.2 Å². The molecule has 0 saturated heterocycles. The Kier molecular flexibility index (Phi) is 5.73. The first-order chi connectivity index (χ1) is 12.6. The van der Waals surface area contributed by atoms with Crippen molar-refractivity contribution < 1.29 is 4.79 Å². The second-order valence-electron chi connectivity index (χ2n) is 6.42. The van der Waals surface area contributed by atoms with E-state index in [1.54, 1.807) is 24.7 Å². The van der Waals surface area contributed by atoms with Gasteiger partial charge in [0.25, 0.3) is 5.91 Å². The quantitative estimate of drug-likeness (QED) is 0.664. The average Bonchev–Trinajstić information content (AvgIpc) is 3.15. The van der Waals surface area contributed by atoms with Gasteiger partial charge in [-0.15, -0.1) is 0 Å². The van der Waals surface area contributed by atoms with E-state index >= 15 is 0 Å². The molecule has 3 aromatic rings. The van der Waals surface area contributed by atoms with Crippen LogP contribution in [0.1, 0.15) is 42.4 Å². The summed E-state index contributed by atoms with van der Waals surface area (Å²) in [6.45, 7) is 5.70. The fraction of sp³-hybridized carbons (Fsp3) is 0.300. The normalized spacial score (nSPS) is 10.9. The Hall–Kier alpha value is -3.02. The number of nitrogens with one attached hydrogen (secondary N) is 1. The highest BCUT2D eigenvalue weighted by Crippen LogP contribution is 2.15. The predicted octanol–water partition coefficient (Wildman–Crippen LogP) is 3.28. The van der Waals surface area contributed by atoms with Gasteiger partial charge in [0.2, 0.25) is 0 Å². The maximum Gasteiger partial charge on any atom is 0.252 e. The number of rotatable bonds is 7. The van der Waals surface area contributed by atoms with Crippen LogP contribution in [0.2, 0.25) is 0 Å². The van der Waals surface area contributed by atoms with Crippen molar-refractivity contribution in [3.8, 4) is 11.3 Å². The Labute approximate surface area is 153 Å². The highest BCUT2D eigenvalue weighted by atomic mass is 16.1. The van der Waals surface area contributed by atoms with Crippen molar-refractivity contribution in [3.05, 3.63) is 66.6 Å². The maximum absolute atomic E-state index is 12.2. The number of aryl methyl sites for hydroxylation is 1. The summed E-state index contributed by atoms with van der Waals surface area (Å²) < 4.78 is 2.14. The minimum atomic E-state index is -0.107. The molecule has 0 aliphatic heterocycles. The Bertz CT molecular complexity index is 840. The molecule has 0 unspecified atom stereocenters. The van der Waals surface area contributed by atoms with Crippen molar-refractivity contribution in [1.82, 2.24) is 24.8 Å². The third-order valence-electron chi connectivity index (χ3n) is 4.11. The Morgan fingerprint density at radius 3 is 2.73 bits per heavy atom. The van der Waals surface area contributed by atoms with E-state index in [1.165, 1.54) is 0 Å². The van der Waals surface area contributed by atoms with Crippen LogP contribution in [0, 0.1) is 0 Å². The van der Waals surface area contributed by atoms with Crippen molar-refractivity contribution in [2.24, 2.45) is 0 Å². The van der Waals surface area contributed by atoms with E-state index < -0.39 is 0 Å². The Balaban J connectivity index is 1.50. The number of nitrogens with zero attached hydrogens (tertiary/aromatic N) is 4. The van der Waals surface area contributed by atoms with Gasteiger partial charge in [0.05, 0.1) is 11.3 Å². The van der Waals surface area contributed by atoms with Gasteiger partial charge in [0, 0.05) is 55.6 Å². The standard InChI is InChI=1S/C20H23N5O/c1-15(2)19-22-10-12-25(19)11-4-9-23-20(26)17-6-7-18(24-14-17)16-5-3-8-21-13-16/h3,5-8,10,12-15H,4,9,11H2,1-2H3,(H,23,26). The van der Waals surface area contributed by atoms with Gasteiger partial charge in [0.15, 0.2) is 0 Å². The lowest BCUT2D eigenvalue weighted by Crippen LogP contribution is -2.25. The molecule has 0 radical (unpaired) electrons. The van der Waals surface area contributed by atoms with E-state index in [0.717, 1.165) is 30.0 Å². The second-order valence-corrected chi connectivity index (χ2v) is 6.42. The lowest BCUT2D eigenvalue weighted by molar-refractivity contribution is 0.0952. The molecule has 0 aliphatic rings. The number of imidazole rings is 1. The third-order valence-corrected chi connectivity index (χ3v) is 4.11. The molecule has 3 aromatic heterocycles. The van der Waals surface area contributed by atoms with Crippen LogP contribution in [0.5, 0.6) is 0 Å². The minimum absolute atomic E-state index is 0.107. The summed E-state index contributed by atoms with van der Waals surface area (Å²) in [5.74, 6) is 1.36. The van der Waals surface area contributed by atoms with Crippen LogP contribution in [0.3, 0.4) is 0 Å². The fourth-order valence-corrected chi connectivity index (χ4v) is 2.78. The summed E-state index contributed by atoms with van der Waals surface area (Å²) in [6, 6.07) is 7.43. The number of aromatic nitrogens is 4. The molecule has 3 rings (SSSR count). The van der Waals surface area contributed by atoms with Crippen molar-refractivity contribution in [3.63, 3.8) is 0 Å². The fourth-order valence-electron chi connectivity index (χ4n) is 2.78. The van der Waals surface area contributed by atoms with E-state index in [4.69, 9.17) is 0 Å². The zero-order chi connectivity index (χ0) is 18.4. The smallest absolute Gasteiger partial charge is 0.252 e. The first-order valence-electron chi connectivity index (χ1n) is 8.81. The number of hydrogen-bond acceptors (Lipinski definition) is 4. The van der Waals surface area contributed by atoms with Gasteiger partial charge >= 0.3 is 0 Å². The molecule has 0 saturated carbocycles. The highest BCUT2D eigenvalue weighted by Gasteiger charge is 2.08. The van der Waals surface area contributed by atoms with Gasteiger partial charge in [-0.3, -0.25) is 14.8 Å². The third kappa shape index (κ3) is 4.33. The molecule has 134 valence electrons. The van der Waals surface area contributed by atoms with Crippen molar-refractivity contribution in [2.75, 3.05) is 6.54 Å². The van der Waals surface area contributed by atoms with Gasteiger partial charge in [-0.1, -0.05) is 13.8 Å². The molecule has 0 bridgehead atoms. The number of carbonyl (C=O) groups is 1. The van der Waals surface area contributed by atoms with Gasteiger partial charge in [-0.25, -0.2) is 4.98 Å². The van der Waals surface area contributed by atoms with Crippen LogP contribution in [0.25, 0.3) is 11.3 Å². The monoisotopic (exact) mass is 349 g/mol. The molecule has 3 heterocycles. The molecular weight excluding hydrogens is 326 g/mol. The predicted molar refractivity (Wildman–Crippen MR) is 101 cm³/mol. The molecule has 1 amide bonds. The first-order valence-corrected chi connectivity index (χ1v) is 8.81. The summed E-state index contributed by atoms with van der Waals surface area (Å²) in [4.78, 5) is 25.1. The summed E-state index contributed by atoms with van der Waals surface area (Å²) in [5, 5.41) is 2.94. The highest BCUT2D eigenvalue weighted by molar-refractivity contribution is 5.94. The molecule has 1 N–H and O–H groups in total. The zero-order valence-corrected chi connectivity index (χ0v) is 15.1. The molecule has 0 aliphatic carbocycles. The largest absolute Gasteiger partial charge is 0.352 e. The molecule has 6 heteroatoms. The van der Waals surface area contributed by atoms with E-state index in [0.29, 0.717) is 18.0 Å². The summed E-state index contributed by atoms with van der Waals surface area (Å²) >= 11 is 0. The molecule has 6 nitrogen and oxygen atoms in total. The van der Waals surface area contributed by atoms with Gasteiger partial charge in [-0.05, 0) is 30.7 Å². The van der Waals surface area contributed by atoms with Crippen LogP contribution in [-0.4, -0.2) is 32.0 Å². The summed E-state index contributed by atoms with van der Waals surface area (Å²) in [6.07, 6.45) is 9.73. The van der Waals surface area contributed by atoms with Crippen LogP contribution in [0.4, 0.5) is 0 Å². The molecule has 0 aromatic carbocycles. The molecule has 26 heavy (non-hydrogen) atoms. The van der Waals surface area contributed by atoms with Crippen LogP contribution in [-0.2, 0) is 6.54 Å². The first kappa shape index (κ1) is 17.8. The number of carbonyl (C=O) groups excluding carboxylic acids is 1. The lowest BCUT2D eigenvalue weighted by atomic mass is 10.1.